The highest BCUT2D eigenvalue weighted by Crippen LogP contribution is 2.07. The van der Waals surface area contributed by atoms with E-state index in [1.54, 1.807) is 7.11 Å². The molecule has 0 aliphatic heterocycles. The fraction of sp³-hybridized carbons (Fsp3) is 0.917. The van der Waals surface area contributed by atoms with Gasteiger partial charge in [0.2, 0.25) is 5.91 Å². The van der Waals surface area contributed by atoms with E-state index in [2.05, 4.69) is 19.2 Å². The van der Waals surface area contributed by atoms with Crippen molar-refractivity contribution >= 4 is 5.91 Å². The first kappa shape index (κ1) is 15.4. The van der Waals surface area contributed by atoms with Gasteiger partial charge in [-0.2, -0.15) is 0 Å². The summed E-state index contributed by atoms with van der Waals surface area (Å²) in [6, 6.07) is 0.187. The summed E-state index contributed by atoms with van der Waals surface area (Å²) in [6.45, 7) is 7.43. The van der Waals surface area contributed by atoms with E-state index in [1.807, 2.05) is 6.92 Å². The average Bonchev–Trinajstić information content (AvgIpc) is 2.16. The molecular formula is C12H26N2O2. The normalized spacial score (nSPS) is 14.9. The van der Waals surface area contributed by atoms with Crippen LogP contribution in [0.2, 0.25) is 0 Å². The zero-order valence-electron chi connectivity index (χ0n) is 11.0. The lowest BCUT2D eigenvalue weighted by molar-refractivity contribution is -0.123. The zero-order chi connectivity index (χ0) is 12.6. The van der Waals surface area contributed by atoms with Gasteiger partial charge in [-0.3, -0.25) is 4.79 Å². The van der Waals surface area contributed by atoms with Gasteiger partial charge in [-0.05, 0) is 24.8 Å². The van der Waals surface area contributed by atoms with Crippen molar-refractivity contribution in [2.24, 2.45) is 17.6 Å². The van der Waals surface area contributed by atoms with Crippen LogP contribution in [0.4, 0.5) is 0 Å². The number of hydrogen-bond acceptors (Lipinski definition) is 3. The van der Waals surface area contributed by atoms with Gasteiger partial charge >= 0.3 is 0 Å². The number of ether oxygens (including phenoxy) is 1. The van der Waals surface area contributed by atoms with Gasteiger partial charge in [-0.1, -0.05) is 20.8 Å². The Morgan fingerprint density at radius 3 is 2.44 bits per heavy atom. The second-order valence-electron chi connectivity index (χ2n) is 4.76. The molecular weight excluding hydrogens is 204 g/mol. The fourth-order valence-electron chi connectivity index (χ4n) is 1.68. The van der Waals surface area contributed by atoms with Crippen molar-refractivity contribution in [1.29, 1.82) is 0 Å². The van der Waals surface area contributed by atoms with Gasteiger partial charge in [0.05, 0.1) is 0 Å². The Kier molecular flexibility index (Phi) is 8.21. The molecule has 0 aromatic rings. The maximum Gasteiger partial charge on any atom is 0.220 e. The van der Waals surface area contributed by atoms with E-state index in [0.29, 0.717) is 25.5 Å². The van der Waals surface area contributed by atoms with Crippen LogP contribution in [-0.4, -0.2) is 32.2 Å². The minimum Gasteiger partial charge on any atom is -0.384 e. The molecule has 2 unspecified atom stereocenters. The summed E-state index contributed by atoms with van der Waals surface area (Å²) < 4.78 is 5.00. The number of nitrogens with one attached hydrogen (secondary N) is 1. The van der Waals surface area contributed by atoms with Crippen LogP contribution in [0.5, 0.6) is 0 Å². The summed E-state index contributed by atoms with van der Waals surface area (Å²) in [5.41, 5.74) is 5.52. The highest BCUT2D eigenvalue weighted by atomic mass is 16.5. The molecule has 0 saturated carbocycles. The molecule has 2 atom stereocenters. The third-order valence-corrected chi connectivity index (χ3v) is 2.61. The fourth-order valence-corrected chi connectivity index (χ4v) is 1.68. The largest absolute Gasteiger partial charge is 0.384 e. The average molecular weight is 230 g/mol. The summed E-state index contributed by atoms with van der Waals surface area (Å²) in [4.78, 5) is 11.7. The number of nitrogens with two attached hydrogens (primary N) is 1. The van der Waals surface area contributed by atoms with Crippen molar-refractivity contribution in [1.82, 2.24) is 5.32 Å². The lowest BCUT2D eigenvalue weighted by atomic mass is 10.00. The van der Waals surface area contributed by atoms with E-state index in [0.717, 1.165) is 6.42 Å². The van der Waals surface area contributed by atoms with Crippen LogP contribution in [0.25, 0.3) is 0 Å². The first-order valence-electron chi connectivity index (χ1n) is 5.99. The van der Waals surface area contributed by atoms with Crippen LogP contribution in [-0.2, 0) is 9.53 Å². The van der Waals surface area contributed by atoms with Crippen molar-refractivity contribution in [3.8, 4) is 0 Å². The first-order valence-corrected chi connectivity index (χ1v) is 5.99. The topological polar surface area (TPSA) is 64.3 Å². The Morgan fingerprint density at radius 1 is 1.38 bits per heavy atom. The number of methoxy groups -OCH3 is 1. The Bertz CT molecular complexity index is 195. The molecule has 0 bridgehead atoms. The lowest BCUT2D eigenvalue weighted by Gasteiger charge is -2.22. The van der Waals surface area contributed by atoms with E-state index >= 15 is 0 Å². The van der Waals surface area contributed by atoms with E-state index < -0.39 is 0 Å². The predicted octanol–water partition coefficient (Wildman–Crippen LogP) is 1.15. The van der Waals surface area contributed by atoms with E-state index in [1.165, 1.54) is 0 Å². The molecule has 16 heavy (non-hydrogen) atoms. The minimum atomic E-state index is 0.0942. The second-order valence-corrected chi connectivity index (χ2v) is 4.76. The Hall–Kier alpha value is -0.610. The molecule has 0 fully saturated rings. The smallest absolute Gasteiger partial charge is 0.220 e. The maximum atomic E-state index is 11.7. The molecule has 3 N–H and O–H groups in total. The van der Waals surface area contributed by atoms with Crippen LogP contribution < -0.4 is 11.1 Å². The Labute approximate surface area is 98.9 Å². The molecule has 0 rings (SSSR count). The van der Waals surface area contributed by atoms with E-state index in [9.17, 15) is 4.79 Å². The standard InChI is InChI=1S/C12H26N2O2/c1-9(2)11(5-6-13)14-12(15)7-10(3)8-16-4/h9-11H,5-8,13H2,1-4H3,(H,14,15). The molecule has 4 heteroatoms. The summed E-state index contributed by atoms with van der Waals surface area (Å²) >= 11 is 0. The lowest BCUT2D eigenvalue weighted by Crippen LogP contribution is -2.40. The van der Waals surface area contributed by atoms with Crippen LogP contribution in [0.3, 0.4) is 0 Å². The minimum absolute atomic E-state index is 0.0942. The summed E-state index contributed by atoms with van der Waals surface area (Å²) in [6.07, 6.45) is 1.35. The van der Waals surface area contributed by atoms with Gasteiger partial charge in [0.15, 0.2) is 0 Å². The highest BCUT2D eigenvalue weighted by Gasteiger charge is 2.16. The number of carbonyl (C=O) groups is 1. The van der Waals surface area contributed by atoms with Gasteiger partial charge in [0.1, 0.15) is 0 Å². The molecule has 0 spiro atoms. The molecule has 4 nitrogen and oxygen atoms in total. The van der Waals surface area contributed by atoms with Crippen LogP contribution in [0.15, 0.2) is 0 Å². The first-order chi connectivity index (χ1) is 7.51. The number of carbonyl (C=O) groups excluding carboxylic acids is 1. The molecule has 0 aliphatic carbocycles. The second kappa shape index (κ2) is 8.53. The quantitative estimate of drug-likeness (QED) is 0.657. The number of amides is 1. The molecule has 1 amide bonds. The van der Waals surface area contributed by atoms with Gasteiger partial charge < -0.3 is 15.8 Å². The summed E-state index contributed by atoms with van der Waals surface area (Å²) in [7, 11) is 1.65. The van der Waals surface area contributed by atoms with Gasteiger partial charge in [0, 0.05) is 26.2 Å². The SMILES string of the molecule is COCC(C)CC(=O)NC(CCN)C(C)C. The van der Waals surface area contributed by atoms with Gasteiger partial charge in [0.25, 0.3) is 0 Å². The molecule has 0 aromatic heterocycles. The van der Waals surface area contributed by atoms with E-state index in [4.69, 9.17) is 10.5 Å². The van der Waals surface area contributed by atoms with E-state index in [-0.39, 0.29) is 17.9 Å². The third kappa shape index (κ3) is 6.80. The van der Waals surface area contributed by atoms with Crippen LogP contribution in [0, 0.1) is 11.8 Å². The van der Waals surface area contributed by atoms with Crippen molar-refractivity contribution in [3.05, 3.63) is 0 Å². The molecule has 0 radical (unpaired) electrons. The van der Waals surface area contributed by atoms with Crippen LogP contribution >= 0.6 is 0 Å². The van der Waals surface area contributed by atoms with Gasteiger partial charge in [-0.25, -0.2) is 0 Å². The maximum absolute atomic E-state index is 11.7. The third-order valence-electron chi connectivity index (χ3n) is 2.61. The van der Waals surface area contributed by atoms with Crippen molar-refractivity contribution in [3.63, 3.8) is 0 Å². The number of hydrogen-bond donors (Lipinski definition) is 2. The van der Waals surface area contributed by atoms with Crippen LogP contribution in [0.1, 0.15) is 33.6 Å². The molecule has 0 aliphatic rings. The van der Waals surface area contributed by atoms with Gasteiger partial charge in [-0.15, -0.1) is 0 Å². The molecule has 0 heterocycles. The highest BCUT2D eigenvalue weighted by molar-refractivity contribution is 5.76. The predicted molar refractivity (Wildman–Crippen MR) is 66.1 cm³/mol. The molecule has 0 saturated heterocycles. The summed E-state index contributed by atoms with van der Waals surface area (Å²) in [5, 5.41) is 3.03. The zero-order valence-corrected chi connectivity index (χ0v) is 11.0. The molecule has 96 valence electrons. The monoisotopic (exact) mass is 230 g/mol. The number of rotatable bonds is 8. The van der Waals surface area contributed by atoms with Crippen molar-refractivity contribution in [2.45, 2.75) is 39.7 Å². The van der Waals surface area contributed by atoms with Crippen molar-refractivity contribution in [2.75, 3.05) is 20.3 Å². The van der Waals surface area contributed by atoms with Crippen molar-refractivity contribution < 1.29 is 9.53 Å². The Morgan fingerprint density at radius 2 is 2.00 bits per heavy atom. The summed E-state index contributed by atoms with van der Waals surface area (Å²) in [5.74, 6) is 0.776. The molecule has 0 aromatic carbocycles. The Balaban J connectivity index is 3.99.